The number of carboxylic acids is 1. The van der Waals surface area contributed by atoms with Crippen LogP contribution >= 0.6 is 0 Å². The highest BCUT2D eigenvalue weighted by molar-refractivity contribution is 5.69. The van der Waals surface area contributed by atoms with Crippen molar-refractivity contribution in [3.63, 3.8) is 0 Å². The van der Waals surface area contributed by atoms with Crippen molar-refractivity contribution in [2.45, 2.75) is 31.5 Å². The number of halogens is 3. The standard InChI is InChI=1S/C14H16F3NO2/c15-14(16,17)9-18(8-13(19)20)12-7-3-5-10-4-1-2-6-11(10)12/h1-2,4,6,12H,3,5,7-9H2,(H,19,20). The molecular weight excluding hydrogens is 271 g/mol. The van der Waals surface area contributed by atoms with Gasteiger partial charge in [0, 0.05) is 6.04 Å². The molecule has 6 heteroatoms. The summed E-state index contributed by atoms with van der Waals surface area (Å²) >= 11 is 0. The van der Waals surface area contributed by atoms with Crippen molar-refractivity contribution in [3.8, 4) is 0 Å². The summed E-state index contributed by atoms with van der Waals surface area (Å²) in [6.45, 7) is -1.79. The molecule has 2 rings (SSSR count). The molecule has 1 aliphatic rings. The Hall–Kier alpha value is -1.56. The van der Waals surface area contributed by atoms with Crippen LogP contribution in [0.3, 0.4) is 0 Å². The van der Waals surface area contributed by atoms with Crippen molar-refractivity contribution in [1.82, 2.24) is 4.90 Å². The minimum atomic E-state index is -4.40. The number of rotatable bonds is 4. The van der Waals surface area contributed by atoms with Crippen LogP contribution in [-0.2, 0) is 11.2 Å². The summed E-state index contributed by atoms with van der Waals surface area (Å²) < 4.78 is 38.0. The Labute approximate surface area is 115 Å². The van der Waals surface area contributed by atoms with Gasteiger partial charge in [-0.05, 0) is 30.4 Å². The molecular formula is C14H16F3NO2. The molecule has 1 aromatic carbocycles. The first-order valence-electron chi connectivity index (χ1n) is 6.47. The summed E-state index contributed by atoms with van der Waals surface area (Å²) in [5.41, 5.74) is 1.84. The molecule has 1 aliphatic carbocycles. The number of hydrogen-bond donors (Lipinski definition) is 1. The van der Waals surface area contributed by atoms with E-state index < -0.39 is 31.3 Å². The first-order valence-corrected chi connectivity index (χ1v) is 6.47. The Morgan fingerprint density at radius 1 is 1.35 bits per heavy atom. The van der Waals surface area contributed by atoms with Gasteiger partial charge in [0.25, 0.3) is 0 Å². The number of carboxylic acid groups (broad SMARTS) is 1. The Morgan fingerprint density at radius 3 is 2.70 bits per heavy atom. The van der Waals surface area contributed by atoms with Gasteiger partial charge in [0.1, 0.15) is 0 Å². The van der Waals surface area contributed by atoms with Gasteiger partial charge in [-0.3, -0.25) is 9.69 Å². The van der Waals surface area contributed by atoms with E-state index in [9.17, 15) is 18.0 Å². The average Bonchev–Trinajstić information content (AvgIpc) is 2.35. The quantitative estimate of drug-likeness (QED) is 0.925. The molecule has 0 fully saturated rings. The van der Waals surface area contributed by atoms with Crippen molar-refractivity contribution in [3.05, 3.63) is 35.4 Å². The highest BCUT2D eigenvalue weighted by Crippen LogP contribution is 2.35. The number of benzene rings is 1. The van der Waals surface area contributed by atoms with E-state index in [1.165, 1.54) is 0 Å². The summed E-state index contributed by atoms with van der Waals surface area (Å²) in [6.07, 6.45) is -2.24. The van der Waals surface area contributed by atoms with Crippen molar-refractivity contribution in [2.24, 2.45) is 0 Å². The first-order chi connectivity index (χ1) is 9.37. The molecule has 0 bridgehead atoms. The third-order valence-corrected chi connectivity index (χ3v) is 3.50. The van der Waals surface area contributed by atoms with Gasteiger partial charge in [0.15, 0.2) is 0 Å². The minimum absolute atomic E-state index is 0.474. The topological polar surface area (TPSA) is 40.5 Å². The van der Waals surface area contributed by atoms with E-state index in [-0.39, 0.29) is 0 Å². The largest absolute Gasteiger partial charge is 0.480 e. The summed E-state index contributed by atoms with van der Waals surface area (Å²) in [6, 6.07) is 6.85. The van der Waals surface area contributed by atoms with Crippen LogP contribution in [0.1, 0.15) is 30.0 Å². The van der Waals surface area contributed by atoms with E-state index in [4.69, 9.17) is 5.11 Å². The Morgan fingerprint density at radius 2 is 2.05 bits per heavy atom. The molecule has 20 heavy (non-hydrogen) atoms. The van der Waals surface area contributed by atoms with E-state index in [1.807, 2.05) is 12.1 Å². The molecule has 0 aliphatic heterocycles. The van der Waals surface area contributed by atoms with Crippen LogP contribution in [-0.4, -0.2) is 35.2 Å². The molecule has 110 valence electrons. The SMILES string of the molecule is O=C(O)CN(CC(F)(F)F)C1CCCc2ccccc21. The van der Waals surface area contributed by atoms with E-state index in [0.29, 0.717) is 6.42 Å². The number of alkyl halides is 3. The fraction of sp³-hybridized carbons (Fsp3) is 0.500. The molecule has 1 atom stereocenters. The van der Waals surface area contributed by atoms with E-state index in [2.05, 4.69) is 0 Å². The van der Waals surface area contributed by atoms with Crippen LogP contribution in [0.15, 0.2) is 24.3 Å². The number of aliphatic carboxylic acids is 1. The van der Waals surface area contributed by atoms with Crippen molar-refractivity contribution in [2.75, 3.05) is 13.1 Å². The van der Waals surface area contributed by atoms with Crippen LogP contribution in [0.5, 0.6) is 0 Å². The minimum Gasteiger partial charge on any atom is -0.480 e. The second-order valence-electron chi connectivity index (χ2n) is 5.02. The monoisotopic (exact) mass is 287 g/mol. The lowest BCUT2D eigenvalue weighted by Crippen LogP contribution is -2.41. The van der Waals surface area contributed by atoms with Crippen LogP contribution < -0.4 is 0 Å². The lowest BCUT2D eigenvalue weighted by atomic mass is 9.87. The summed E-state index contributed by atoms with van der Waals surface area (Å²) in [4.78, 5) is 11.9. The van der Waals surface area contributed by atoms with Gasteiger partial charge < -0.3 is 5.11 Å². The van der Waals surface area contributed by atoms with Gasteiger partial charge in [0.05, 0.1) is 13.1 Å². The number of carbonyl (C=O) groups is 1. The van der Waals surface area contributed by atoms with Crippen LogP contribution in [0.4, 0.5) is 13.2 Å². The van der Waals surface area contributed by atoms with Crippen LogP contribution in [0.2, 0.25) is 0 Å². The molecule has 1 unspecified atom stereocenters. The van der Waals surface area contributed by atoms with E-state index in [0.717, 1.165) is 28.9 Å². The van der Waals surface area contributed by atoms with E-state index >= 15 is 0 Å². The number of hydrogen-bond acceptors (Lipinski definition) is 2. The second kappa shape index (κ2) is 5.83. The van der Waals surface area contributed by atoms with Crippen molar-refractivity contribution >= 4 is 5.97 Å². The lowest BCUT2D eigenvalue weighted by molar-refractivity contribution is -0.159. The predicted molar refractivity (Wildman–Crippen MR) is 67.4 cm³/mol. The molecule has 0 spiro atoms. The zero-order chi connectivity index (χ0) is 14.8. The van der Waals surface area contributed by atoms with Gasteiger partial charge in [-0.25, -0.2) is 0 Å². The molecule has 0 amide bonds. The Kier molecular flexibility index (Phi) is 4.32. The first kappa shape index (κ1) is 14.8. The maximum Gasteiger partial charge on any atom is 0.401 e. The third kappa shape index (κ3) is 3.72. The molecule has 0 aromatic heterocycles. The fourth-order valence-corrected chi connectivity index (χ4v) is 2.79. The Bertz CT molecular complexity index is 488. The molecule has 0 saturated heterocycles. The van der Waals surface area contributed by atoms with Gasteiger partial charge in [-0.2, -0.15) is 13.2 Å². The Balaban J connectivity index is 2.27. The average molecular weight is 287 g/mol. The fourth-order valence-electron chi connectivity index (χ4n) is 2.79. The smallest absolute Gasteiger partial charge is 0.401 e. The normalized spacial score (nSPS) is 18.9. The molecule has 1 aromatic rings. The number of fused-ring (bicyclic) bond motifs is 1. The molecule has 0 heterocycles. The van der Waals surface area contributed by atoms with Crippen molar-refractivity contribution < 1.29 is 23.1 Å². The van der Waals surface area contributed by atoms with E-state index in [1.54, 1.807) is 12.1 Å². The predicted octanol–water partition coefficient (Wildman–Crippen LogP) is 3.01. The molecule has 0 saturated carbocycles. The molecule has 0 radical (unpaired) electrons. The van der Waals surface area contributed by atoms with Crippen LogP contribution in [0, 0.1) is 0 Å². The van der Waals surface area contributed by atoms with Gasteiger partial charge in [-0.1, -0.05) is 24.3 Å². The zero-order valence-corrected chi connectivity index (χ0v) is 10.9. The summed E-state index contributed by atoms with van der Waals surface area (Å²) in [7, 11) is 0. The summed E-state index contributed by atoms with van der Waals surface area (Å²) in [5.74, 6) is -1.24. The lowest BCUT2D eigenvalue weighted by Gasteiger charge is -2.35. The highest BCUT2D eigenvalue weighted by Gasteiger charge is 2.36. The van der Waals surface area contributed by atoms with Gasteiger partial charge >= 0.3 is 12.1 Å². The van der Waals surface area contributed by atoms with Gasteiger partial charge in [0.2, 0.25) is 0 Å². The third-order valence-electron chi connectivity index (χ3n) is 3.50. The maximum atomic E-state index is 12.7. The van der Waals surface area contributed by atoms with Gasteiger partial charge in [-0.15, -0.1) is 0 Å². The zero-order valence-electron chi connectivity index (χ0n) is 10.9. The molecule has 3 nitrogen and oxygen atoms in total. The number of aryl methyl sites for hydroxylation is 1. The summed E-state index contributed by atoms with van der Waals surface area (Å²) in [5, 5.41) is 8.85. The molecule has 1 N–H and O–H groups in total. The maximum absolute atomic E-state index is 12.7. The van der Waals surface area contributed by atoms with Crippen LogP contribution in [0.25, 0.3) is 0 Å². The number of nitrogens with zero attached hydrogens (tertiary/aromatic N) is 1. The highest BCUT2D eigenvalue weighted by atomic mass is 19.4. The second-order valence-corrected chi connectivity index (χ2v) is 5.02. The van der Waals surface area contributed by atoms with Crippen molar-refractivity contribution in [1.29, 1.82) is 0 Å².